The van der Waals surface area contributed by atoms with E-state index in [4.69, 9.17) is 20.9 Å². The highest BCUT2D eigenvalue weighted by Gasteiger charge is 2.19. The number of rotatable bonds is 6. The quantitative estimate of drug-likeness (QED) is 0.497. The second-order valence-corrected chi connectivity index (χ2v) is 5.26. The van der Waals surface area contributed by atoms with Crippen LogP contribution in [-0.2, 0) is 9.47 Å². The van der Waals surface area contributed by atoms with Crippen molar-refractivity contribution in [3.05, 3.63) is 36.0 Å². The van der Waals surface area contributed by atoms with Gasteiger partial charge in [-0.05, 0) is 6.92 Å². The van der Waals surface area contributed by atoms with Gasteiger partial charge in [0.15, 0.2) is 34.3 Å². The Morgan fingerprint density at radius 2 is 1.77 bits per heavy atom. The van der Waals surface area contributed by atoms with Crippen LogP contribution >= 0.6 is 0 Å². The predicted molar refractivity (Wildman–Crippen MR) is 96.2 cm³/mol. The van der Waals surface area contributed by atoms with Gasteiger partial charge in [0.2, 0.25) is 0 Å². The van der Waals surface area contributed by atoms with Gasteiger partial charge >= 0.3 is 5.97 Å². The molecule has 26 heavy (non-hydrogen) atoms. The average molecular weight is 354 g/mol. The zero-order valence-corrected chi connectivity index (χ0v) is 14.2. The summed E-state index contributed by atoms with van der Waals surface area (Å²) in [5.74, 6) is -0.291. The van der Waals surface area contributed by atoms with Crippen LogP contribution in [-0.4, -0.2) is 45.7 Å². The summed E-state index contributed by atoms with van der Waals surface area (Å²) < 4.78 is 10.2. The first-order valence-corrected chi connectivity index (χ1v) is 8.01. The van der Waals surface area contributed by atoms with Gasteiger partial charge < -0.3 is 20.9 Å². The second kappa shape index (κ2) is 7.70. The van der Waals surface area contributed by atoms with Crippen LogP contribution < -0.4 is 11.5 Å². The second-order valence-electron chi connectivity index (χ2n) is 5.26. The molecular formula is C17H18N6O3. The summed E-state index contributed by atoms with van der Waals surface area (Å²) in [6.45, 7) is 2.76. The molecule has 0 amide bonds. The minimum atomic E-state index is -0.705. The van der Waals surface area contributed by atoms with E-state index in [0.717, 1.165) is 5.56 Å². The molecule has 0 aliphatic heterocycles. The fourth-order valence-electron chi connectivity index (χ4n) is 2.25. The molecule has 0 fully saturated rings. The van der Waals surface area contributed by atoms with Crippen LogP contribution in [0.25, 0.3) is 22.6 Å². The summed E-state index contributed by atoms with van der Waals surface area (Å²) in [4.78, 5) is 29.0. The fourth-order valence-corrected chi connectivity index (χ4v) is 2.25. The van der Waals surface area contributed by atoms with Gasteiger partial charge in [0.05, 0.1) is 6.61 Å². The summed E-state index contributed by atoms with van der Waals surface area (Å²) in [6.07, 6.45) is 0. The van der Waals surface area contributed by atoms with Crippen molar-refractivity contribution in [1.29, 1.82) is 0 Å². The lowest BCUT2D eigenvalue weighted by Crippen LogP contribution is -2.16. The van der Waals surface area contributed by atoms with Crippen molar-refractivity contribution in [3.8, 4) is 11.4 Å². The third kappa shape index (κ3) is 3.67. The van der Waals surface area contributed by atoms with Crippen LogP contribution in [0.15, 0.2) is 30.3 Å². The maximum Gasteiger partial charge on any atom is 0.360 e. The molecule has 1 aromatic carbocycles. The molecule has 0 aliphatic carbocycles. The minimum Gasteiger partial charge on any atom is -0.458 e. The summed E-state index contributed by atoms with van der Waals surface area (Å²) in [7, 11) is 0. The summed E-state index contributed by atoms with van der Waals surface area (Å²) in [5.41, 5.74) is 12.9. The zero-order valence-electron chi connectivity index (χ0n) is 14.2. The van der Waals surface area contributed by atoms with Gasteiger partial charge in [-0.2, -0.15) is 0 Å². The van der Waals surface area contributed by atoms with Gasteiger partial charge in [0, 0.05) is 12.2 Å². The number of nitrogen functional groups attached to an aromatic ring is 2. The first kappa shape index (κ1) is 17.5. The normalized spacial score (nSPS) is 10.8. The van der Waals surface area contributed by atoms with E-state index in [9.17, 15) is 4.79 Å². The number of ether oxygens (including phenoxy) is 2. The number of anilines is 2. The first-order chi connectivity index (χ1) is 12.6. The Balaban J connectivity index is 1.93. The molecule has 3 aromatic rings. The number of hydrogen-bond acceptors (Lipinski definition) is 9. The monoisotopic (exact) mass is 354 g/mol. The maximum atomic E-state index is 12.1. The van der Waals surface area contributed by atoms with Gasteiger partial charge in [0.1, 0.15) is 6.61 Å². The highest BCUT2D eigenvalue weighted by Crippen LogP contribution is 2.22. The van der Waals surface area contributed by atoms with Crippen molar-refractivity contribution in [2.24, 2.45) is 0 Å². The van der Waals surface area contributed by atoms with Gasteiger partial charge in [-0.25, -0.2) is 24.7 Å². The van der Waals surface area contributed by atoms with Crippen LogP contribution in [0.2, 0.25) is 0 Å². The van der Waals surface area contributed by atoms with E-state index >= 15 is 0 Å². The summed E-state index contributed by atoms with van der Waals surface area (Å²) in [6, 6.07) is 9.30. The molecule has 3 rings (SSSR count). The Morgan fingerprint density at radius 1 is 1.00 bits per heavy atom. The predicted octanol–water partition coefficient (Wildman–Crippen LogP) is 1.44. The van der Waals surface area contributed by atoms with E-state index < -0.39 is 5.97 Å². The first-order valence-electron chi connectivity index (χ1n) is 8.01. The van der Waals surface area contributed by atoms with E-state index in [-0.39, 0.29) is 41.7 Å². The highest BCUT2D eigenvalue weighted by atomic mass is 16.6. The lowest BCUT2D eigenvalue weighted by molar-refractivity contribution is 0.0330. The van der Waals surface area contributed by atoms with Gasteiger partial charge in [-0.3, -0.25) is 0 Å². The molecule has 0 aliphatic rings. The van der Waals surface area contributed by atoms with Crippen LogP contribution in [0, 0.1) is 0 Å². The number of carbonyl (C=O) groups excluding carboxylic acids is 1. The van der Waals surface area contributed by atoms with Gasteiger partial charge in [0.25, 0.3) is 0 Å². The number of fused-ring (bicyclic) bond motifs is 1. The number of nitrogens with zero attached hydrogens (tertiary/aromatic N) is 4. The molecule has 0 saturated carbocycles. The third-order valence-corrected chi connectivity index (χ3v) is 3.48. The Morgan fingerprint density at radius 3 is 2.50 bits per heavy atom. The Bertz CT molecular complexity index is 933. The molecular weight excluding hydrogens is 336 g/mol. The van der Waals surface area contributed by atoms with Gasteiger partial charge in [-0.1, -0.05) is 30.3 Å². The zero-order chi connectivity index (χ0) is 18.5. The molecule has 0 unspecified atom stereocenters. The van der Waals surface area contributed by atoms with E-state index in [1.807, 2.05) is 37.3 Å². The molecule has 0 saturated heterocycles. The van der Waals surface area contributed by atoms with Crippen molar-refractivity contribution in [2.75, 3.05) is 31.3 Å². The lowest BCUT2D eigenvalue weighted by atomic mass is 10.2. The van der Waals surface area contributed by atoms with Crippen molar-refractivity contribution in [3.63, 3.8) is 0 Å². The number of benzene rings is 1. The number of nitrogens with two attached hydrogens (primary N) is 2. The topological polar surface area (TPSA) is 139 Å². The van der Waals surface area contributed by atoms with Crippen LogP contribution in [0.4, 0.5) is 11.6 Å². The molecule has 9 nitrogen and oxygen atoms in total. The van der Waals surface area contributed by atoms with Crippen molar-refractivity contribution in [1.82, 2.24) is 19.9 Å². The van der Waals surface area contributed by atoms with Crippen molar-refractivity contribution in [2.45, 2.75) is 6.92 Å². The average Bonchev–Trinajstić information content (AvgIpc) is 2.65. The Labute approximate surface area is 149 Å². The SMILES string of the molecule is CCOCCOC(=O)c1nc2c(N)nc(-c3ccccc3)nc2nc1N. The molecule has 0 spiro atoms. The third-order valence-electron chi connectivity index (χ3n) is 3.48. The van der Waals surface area contributed by atoms with E-state index in [2.05, 4.69) is 19.9 Å². The van der Waals surface area contributed by atoms with E-state index in [1.54, 1.807) is 0 Å². The van der Waals surface area contributed by atoms with Gasteiger partial charge in [-0.15, -0.1) is 0 Å². The number of aromatic nitrogens is 4. The molecule has 0 bridgehead atoms. The minimum absolute atomic E-state index is 0.0870. The molecule has 0 atom stereocenters. The molecule has 2 heterocycles. The molecule has 134 valence electrons. The highest BCUT2D eigenvalue weighted by molar-refractivity contribution is 5.95. The smallest absolute Gasteiger partial charge is 0.360 e. The maximum absolute atomic E-state index is 12.1. The Hall–Kier alpha value is -3.33. The molecule has 9 heteroatoms. The number of esters is 1. The van der Waals surface area contributed by atoms with Crippen LogP contribution in [0.3, 0.4) is 0 Å². The molecule has 2 aromatic heterocycles. The summed E-state index contributed by atoms with van der Waals surface area (Å²) >= 11 is 0. The number of carbonyl (C=O) groups is 1. The van der Waals surface area contributed by atoms with Crippen molar-refractivity contribution < 1.29 is 14.3 Å². The standard InChI is InChI=1S/C17H18N6O3/c1-2-25-8-9-26-17(24)12-14(19)22-16-11(20-12)13(18)21-15(23-16)10-6-4-3-5-7-10/h3-7H,2,8-9H2,1H3,(H4,18,19,21,22,23). The lowest BCUT2D eigenvalue weighted by Gasteiger charge is -2.09. The van der Waals surface area contributed by atoms with Crippen molar-refractivity contribution >= 4 is 28.8 Å². The summed E-state index contributed by atoms with van der Waals surface area (Å²) in [5, 5.41) is 0. The van der Waals surface area contributed by atoms with Crippen LogP contribution in [0.1, 0.15) is 17.4 Å². The van der Waals surface area contributed by atoms with E-state index in [1.165, 1.54) is 0 Å². The molecule has 4 N–H and O–H groups in total. The fraction of sp³-hybridized carbons (Fsp3) is 0.235. The Kier molecular flexibility index (Phi) is 5.18. The largest absolute Gasteiger partial charge is 0.458 e. The van der Waals surface area contributed by atoms with E-state index in [0.29, 0.717) is 12.4 Å². The molecule has 0 radical (unpaired) electrons. The number of hydrogen-bond donors (Lipinski definition) is 2. The van der Waals surface area contributed by atoms with Crippen LogP contribution in [0.5, 0.6) is 0 Å².